The number of halogens is 4. The highest BCUT2D eigenvalue weighted by atomic mass is 35.5. The predicted molar refractivity (Wildman–Crippen MR) is 124 cm³/mol. The molecule has 6 nitrogen and oxygen atoms in total. The Balaban J connectivity index is 1.73. The van der Waals surface area contributed by atoms with Gasteiger partial charge in [-0.1, -0.05) is 23.7 Å². The summed E-state index contributed by atoms with van der Waals surface area (Å²) >= 11 is 6.40. The molecule has 0 aliphatic rings. The number of aryl methyl sites for hydroxylation is 1. The average molecular weight is 490 g/mol. The summed E-state index contributed by atoms with van der Waals surface area (Å²) in [4.78, 5) is 20.0. The number of hydrogen-bond acceptors (Lipinski definition) is 4. The highest BCUT2D eigenvalue weighted by molar-refractivity contribution is 6.34. The zero-order chi connectivity index (χ0) is 24.8. The van der Waals surface area contributed by atoms with E-state index in [0.29, 0.717) is 27.7 Å². The number of rotatable bonds is 5. The molecule has 0 bridgehead atoms. The van der Waals surface area contributed by atoms with Crippen LogP contribution in [0.15, 0.2) is 48.5 Å². The zero-order valence-corrected chi connectivity index (χ0v) is 19.0. The minimum absolute atomic E-state index is 0.0442. The number of aromatic nitrogens is 2. The first kappa shape index (κ1) is 23.4. The SMILES string of the molecule is Cc1ccc(Oc2nc3cc(-c4ccc(N(C)C)c(C(F)(F)F)c4)c(Cl)cc3[nH]2)cc1C(=O)O. The summed E-state index contributed by atoms with van der Waals surface area (Å²) in [6.07, 6.45) is -4.54. The second-order valence-corrected chi connectivity index (χ2v) is 8.31. The monoisotopic (exact) mass is 489 g/mol. The van der Waals surface area contributed by atoms with Crippen molar-refractivity contribution in [3.05, 3.63) is 70.2 Å². The van der Waals surface area contributed by atoms with Gasteiger partial charge in [-0.2, -0.15) is 18.2 Å². The van der Waals surface area contributed by atoms with Gasteiger partial charge in [-0.25, -0.2) is 4.79 Å². The molecule has 1 heterocycles. The number of alkyl halides is 3. The van der Waals surface area contributed by atoms with Crippen LogP contribution >= 0.6 is 11.6 Å². The van der Waals surface area contributed by atoms with Crippen molar-refractivity contribution in [3.63, 3.8) is 0 Å². The zero-order valence-electron chi connectivity index (χ0n) is 18.3. The van der Waals surface area contributed by atoms with Gasteiger partial charge in [-0.3, -0.25) is 0 Å². The van der Waals surface area contributed by atoms with Crippen molar-refractivity contribution < 1.29 is 27.8 Å². The van der Waals surface area contributed by atoms with Gasteiger partial charge in [-0.15, -0.1) is 0 Å². The molecule has 2 N–H and O–H groups in total. The number of aromatic amines is 1. The van der Waals surface area contributed by atoms with E-state index in [-0.39, 0.29) is 28.0 Å². The van der Waals surface area contributed by atoms with Crippen LogP contribution in [0.4, 0.5) is 18.9 Å². The Hall–Kier alpha value is -3.72. The molecule has 4 aromatic rings. The standard InChI is InChI=1S/C24H19ClF3N3O3/c1-12-4-6-14(9-15(12)22(32)33)34-23-29-19-10-16(18(25)11-20(19)30-23)13-5-7-21(31(2)3)17(8-13)24(26,27)28/h4-11H,1-3H3,(H,29,30)(H,32,33). The third-order valence-electron chi connectivity index (χ3n) is 5.30. The number of nitrogens with zero attached hydrogens (tertiary/aromatic N) is 2. The number of carboxylic acid groups (broad SMARTS) is 1. The summed E-state index contributed by atoms with van der Waals surface area (Å²) in [5.41, 5.74) is 1.56. The highest BCUT2D eigenvalue weighted by Gasteiger charge is 2.34. The van der Waals surface area contributed by atoms with Crippen LogP contribution in [-0.4, -0.2) is 35.1 Å². The first-order chi connectivity index (χ1) is 15.9. The fourth-order valence-corrected chi connectivity index (χ4v) is 3.88. The van der Waals surface area contributed by atoms with E-state index in [1.807, 2.05) is 0 Å². The van der Waals surface area contributed by atoms with Gasteiger partial charge in [0.25, 0.3) is 6.01 Å². The number of aromatic carboxylic acids is 1. The van der Waals surface area contributed by atoms with Crippen molar-refractivity contribution in [2.75, 3.05) is 19.0 Å². The highest BCUT2D eigenvalue weighted by Crippen LogP contribution is 2.40. The normalized spacial score (nSPS) is 11.6. The molecule has 0 aliphatic carbocycles. The minimum atomic E-state index is -4.54. The van der Waals surface area contributed by atoms with E-state index < -0.39 is 17.7 Å². The lowest BCUT2D eigenvalue weighted by Gasteiger charge is -2.20. The smallest absolute Gasteiger partial charge is 0.418 e. The van der Waals surface area contributed by atoms with Gasteiger partial charge in [0.2, 0.25) is 0 Å². The van der Waals surface area contributed by atoms with E-state index in [0.717, 1.165) is 6.07 Å². The first-order valence-corrected chi connectivity index (χ1v) is 10.4. The summed E-state index contributed by atoms with van der Waals surface area (Å²) in [7, 11) is 3.09. The summed E-state index contributed by atoms with van der Waals surface area (Å²) in [5, 5.41) is 9.52. The maximum Gasteiger partial charge on any atom is 0.418 e. The summed E-state index contributed by atoms with van der Waals surface area (Å²) in [6, 6.07) is 11.9. The topological polar surface area (TPSA) is 78.5 Å². The van der Waals surface area contributed by atoms with Crippen molar-refractivity contribution in [1.29, 1.82) is 0 Å². The van der Waals surface area contributed by atoms with Crippen molar-refractivity contribution in [2.24, 2.45) is 0 Å². The molecule has 10 heteroatoms. The summed E-state index contributed by atoms with van der Waals surface area (Å²) in [5.74, 6) is -0.815. The van der Waals surface area contributed by atoms with Crippen LogP contribution in [0, 0.1) is 6.92 Å². The number of hydrogen-bond donors (Lipinski definition) is 2. The molecular weight excluding hydrogens is 471 g/mol. The van der Waals surface area contributed by atoms with Gasteiger partial charge in [0, 0.05) is 25.3 Å². The van der Waals surface area contributed by atoms with Crippen LogP contribution in [0.3, 0.4) is 0 Å². The molecule has 0 fully saturated rings. The molecule has 0 amide bonds. The van der Waals surface area contributed by atoms with Crippen LogP contribution in [0.5, 0.6) is 11.8 Å². The van der Waals surface area contributed by atoms with Crippen molar-refractivity contribution in [2.45, 2.75) is 13.1 Å². The fraction of sp³-hybridized carbons (Fsp3) is 0.167. The van der Waals surface area contributed by atoms with E-state index in [1.54, 1.807) is 51.4 Å². The third kappa shape index (κ3) is 4.51. The first-order valence-electron chi connectivity index (χ1n) is 10.0. The quantitative estimate of drug-likeness (QED) is 0.323. The molecule has 0 unspecified atom stereocenters. The molecular formula is C24H19ClF3N3O3. The van der Waals surface area contributed by atoms with Crippen LogP contribution in [-0.2, 0) is 6.18 Å². The second kappa shape index (κ2) is 8.57. The predicted octanol–water partition coefficient (Wildman–Crippen LogP) is 6.77. The Morgan fingerprint density at radius 1 is 1.12 bits per heavy atom. The van der Waals surface area contributed by atoms with E-state index in [1.165, 1.54) is 17.0 Å². The number of ether oxygens (including phenoxy) is 1. The van der Waals surface area contributed by atoms with Gasteiger partial charge in [0.15, 0.2) is 0 Å². The number of imidazole rings is 1. The Morgan fingerprint density at radius 2 is 1.85 bits per heavy atom. The van der Waals surface area contributed by atoms with Crippen molar-refractivity contribution in [1.82, 2.24) is 9.97 Å². The number of anilines is 1. The Labute approximate surface area is 197 Å². The van der Waals surface area contributed by atoms with Gasteiger partial charge >= 0.3 is 12.1 Å². The third-order valence-corrected chi connectivity index (χ3v) is 5.61. The number of fused-ring (bicyclic) bond motifs is 1. The van der Waals surface area contributed by atoms with E-state index in [2.05, 4.69) is 9.97 Å². The number of nitrogens with one attached hydrogen (secondary N) is 1. The second-order valence-electron chi connectivity index (χ2n) is 7.90. The van der Waals surface area contributed by atoms with Gasteiger partial charge in [0.05, 0.1) is 27.2 Å². The van der Waals surface area contributed by atoms with Crippen molar-refractivity contribution in [3.8, 4) is 22.9 Å². The summed E-state index contributed by atoms with van der Waals surface area (Å²) < 4.78 is 46.6. The maximum absolute atomic E-state index is 13.6. The molecule has 0 radical (unpaired) electrons. The Bertz CT molecular complexity index is 1410. The Morgan fingerprint density at radius 3 is 2.50 bits per heavy atom. The molecule has 176 valence electrons. The molecule has 34 heavy (non-hydrogen) atoms. The van der Waals surface area contributed by atoms with Crippen LogP contribution in [0.2, 0.25) is 5.02 Å². The van der Waals surface area contributed by atoms with Crippen molar-refractivity contribution >= 4 is 34.3 Å². The van der Waals surface area contributed by atoms with Gasteiger partial charge < -0.3 is 19.7 Å². The number of benzene rings is 3. The Kier molecular flexibility index (Phi) is 5.91. The lowest BCUT2D eigenvalue weighted by molar-refractivity contribution is -0.137. The van der Waals surface area contributed by atoms with Crippen LogP contribution in [0.25, 0.3) is 22.2 Å². The van der Waals surface area contributed by atoms with E-state index in [4.69, 9.17) is 16.3 Å². The molecule has 3 aromatic carbocycles. The average Bonchev–Trinajstić information content (AvgIpc) is 3.14. The molecule has 0 saturated heterocycles. The maximum atomic E-state index is 13.6. The summed E-state index contributed by atoms with van der Waals surface area (Å²) in [6.45, 7) is 1.67. The number of carboxylic acids is 1. The molecule has 0 atom stereocenters. The number of H-pyrrole nitrogens is 1. The minimum Gasteiger partial charge on any atom is -0.478 e. The molecule has 4 rings (SSSR count). The fourth-order valence-electron chi connectivity index (χ4n) is 3.60. The van der Waals surface area contributed by atoms with E-state index in [9.17, 15) is 23.1 Å². The molecule has 0 saturated carbocycles. The number of carbonyl (C=O) groups is 1. The largest absolute Gasteiger partial charge is 0.478 e. The van der Waals surface area contributed by atoms with E-state index >= 15 is 0 Å². The van der Waals surface area contributed by atoms with Crippen LogP contribution < -0.4 is 9.64 Å². The lowest BCUT2D eigenvalue weighted by atomic mass is 10.0. The van der Waals surface area contributed by atoms with Gasteiger partial charge in [-0.05, 0) is 54.4 Å². The molecule has 0 aliphatic heterocycles. The lowest BCUT2D eigenvalue weighted by Crippen LogP contribution is -2.16. The molecule has 0 spiro atoms. The van der Waals surface area contributed by atoms with Crippen LogP contribution in [0.1, 0.15) is 21.5 Å². The molecule has 1 aromatic heterocycles. The van der Waals surface area contributed by atoms with Gasteiger partial charge in [0.1, 0.15) is 5.75 Å².